The van der Waals surface area contributed by atoms with E-state index in [1.54, 1.807) is 6.26 Å². The maximum atomic E-state index is 12.4. The first kappa shape index (κ1) is 15.4. The Labute approximate surface area is 141 Å². The van der Waals surface area contributed by atoms with E-state index in [0.29, 0.717) is 11.6 Å². The fraction of sp³-hybridized carbons (Fsp3) is 0.556. The number of carbonyl (C=O) groups is 1. The molecule has 0 bridgehead atoms. The molecule has 2 aromatic heterocycles. The number of aromatic nitrogens is 2. The number of fused-ring (bicyclic) bond motifs is 1. The van der Waals surface area contributed by atoms with Crippen molar-refractivity contribution < 1.29 is 9.21 Å². The summed E-state index contributed by atoms with van der Waals surface area (Å²) in [5.41, 5.74) is 2.86. The molecule has 1 aliphatic carbocycles. The SMILES string of the molecule is O=C(NCC1CCCN(Cc2ccco2)C1)c1n[nH]c2c1CCC2. The van der Waals surface area contributed by atoms with E-state index in [4.69, 9.17) is 4.42 Å². The topological polar surface area (TPSA) is 74.2 Å². The van der Waals surface area contributed by atoms with E-state index >= 15 is 0 Å². The van der Waals surface area contributed by atoms with E-state index in [0.717, 1.165) is 68.9 Å². The Kier molecular flexibility index (Phi) is 4.38. The minimum atomic E-state index is -0.0300. The molecule has 1 fully saturated rings. The Hall–Kier alpha value is -2.08. The monoisotopic (exact) mass is 328 g/mol. The standard InChI is InChI=1S/C18H24N4O2/c23-18(17-15-6-1-7-16(15)20-21-17)19-10-13-4-2-8-22(11-13)12-14-5-3-9-24-14/h3,5,9,13H,1-2,4,6-8,10-12H2,(H,19,23)(H,20,21). The molecule has 1 saturated heterocycles. The third kappa shape index (κ3) is 3.24. The number of hydrogen-bond acceptors (Lipinski definition) is 4. The number of aromatic amines is 1. The van der Waals surface area contributed by atoms with Gasteiger partial charge in [0.1, 0.15) is 5.76 Å². The van der Waals surface area contributed by atoms with Crippen molar-refractivity contribution >= 4 is 5.91 Å². The molecule has 24 heavy (non-hydrogen) atoms. The van der Waals surface area contributed by atoms with Gasteiger partial charge in [-0.15, -0.1) is 0 Å². The van der Waals surface area contributed by atoms with Gasteiger partial charge in [-0.2, -0.15) is 5.10 Å². The minimum Gasteiger partial charge on any atom is -0.468 e. The third-order valence-corrected chi connectivity index (χ3v) is 5.14. The minimum absolute atomic E-state index is 0.0300. The second-order valence-electron chi connectivity index (χ2n) is 6.92. The first-order valence-corrected chi connectivity index (χ1v) is 8.88. The number of hydrogen-bond donors (Lipinski definition) is 2. The fourth-order valence-corrected chi connectivity index (χ4v) is 3.91. The number of carbonyl (C=O) groups excluding carboxylic acids is 1. The lowest BCUT2D eigenvalue weighted by atomic mass is 9.98. The van der Waals surface area contributed by atoms with Crippen LogP contribution >= 0.6 is 0 Å². The van der Waals surface area contributed by atoms with E-state index in [2.05, 4.69) is 20.4 Å². The average molecular weight is 328 g/mol. The number of rotatable bonds is 5. The van der Waals surface area contributed by atoms with E-state index in [1.807, 2.05) is 12.1 Å². The largest absolute Gasteiger partial charge is 0.468 e. The Morgan fingerprint density at radius 1 is 1.42 bits per heavy atom. The summed E-state index contributed by atoms with van der Waals surface area (Å²) in [6.45, 7) is 3.66. The van der Waals surface area contributed by atoms with E-state index in [9.17, 15) is 4.79 Å². The van der Waals surface area contributed by atoms with Gasteiger partial charge in [0, 0.05) is 24.3 Å². The molecule has 2 aliphatic rings. The van der Waals surface area contributed by atoms with E-state index < -0.39 is 0 Å². The number of likely N-dealkylation sites (tertiary alicyclic amines) is 1. The molecule has 1 unspecified atom stereocenters. The molecule has 6 nitrogen and oxygen atoms in total. The third-order valence-electron chi connectivity index (χ3n) is 5.14. The van der Waals surface area contributed by atoms with Crippen LogP contribution in [0.3, 0.4) is 0 Å². The molecule has 1 aliphatic heterocycles. The zero-order valence-corrected chi connectivity index (χ0v) is 13.9. The van der Waals surface area contributed by atoms with Crippen molar-refractivity contribution in [1.29, 1.82) is 0 Å². The second kappa shape index (κ2) is 6.81. The summed E-state index contributed by atoms with van der Waals surface area (Å²) in [7, 11) is 0. The zero-order valence-electron chi connectivity index (χ0n) is 13.9. The summed E-state index contributed by atoms with van der Waals surface area (Å²) in [4.78, 5) is 14.8. The molecular weight excluding hydrogens is 304 g/mol. The highest BCUT2D eigenvalue weighted by Crippen LogP contribution is 2.23. The van der Waals surface area contributed by atoms with Crippen molar-refractivity contribution in [1.82, 2.24) is 20.4 Å². The van der Waals surface area contributed by atoms with Gasteiger partial charge in [-0.3, -0.25) is 14.8 Å². The predicted octanol–water partition coefficient (Wildman–Crippen LogP) is 2.13. The van der Waals surface area contributed by atoms with Crippen LogP contribution in [0.5, 0.6) is 0 Å². The molecule has 0 spiro atoms. The molecule has 2 aromatic rings. The van der Waals surface area contributed by atoms with Crippen LogP contribution in [-0.2, 0) is 19.4 Å². The Balaban J connectivity index is 1.29. The number of nitrogens with zero attached hydrogens (tertiary/aromatic N) is 2. The number of H-pyrrole nitrogens is 1. The summed E-state index contributed by atoms with van der Waals surface area (Å²) in [6, 6.07) is 3.95. The number of nitrogens with one attached hydrogen (secondary N) is 2. The van der Waals surface area contributed by atoms with Crippen LogP contribution in [0.15, 0.2) is 22.8 Å². The Morgan fingerprint density at radius 3 is 3.25 bits per heavy atom. The van der Waals surface area contributed by atoms with Crippen molar-refractivity contribution in [3.05, 3.63) is 41.1 Å². The maximum absolute atomic E-state index is 12.4. The summed E-state index contributed by atoms with van der Waals surface area (Å²) in [6.07, 6.45) is 7.15. The Morgan fingerprint density at radius 2 is 2.38 bits per heavy atom. The van der Waals surface area contributed by atoms with Crippen LogP contribution in [0.25, 0.3) is 0 Å². The first-order chi connectivity index (χ1) is 11.8. The van der Waals surface area contributed by atoms with E-state index in [-0.39, 0.29) is 5.91 Å². The van der Waals surface area contributed by atoms with Gasteiger partial charge in [0.25, 0.3) is 5.91 Å². The van der Waals surface area contributed by atoms with Gasteiger partial charge in [0.15, 0.2) is 5.69 Å². The number of piperidine rings is 1. The van der Waals surface area contributed by atoms with Gasteiger partial charge in [0.05, 0.1) is 12.8 Å². The van der Waals surface area contributed by atoms with Gasteiger partial charge < -0.3 is 9.73 Å². The van der Waals surface area contributed by atoms with Crippen LogP contribution < -0.4 is 5.32 Å². The van der Waals surface area contributed by atoms with Crippen LogP contribution in [-0.4, -0.2) is 40.6 Å². The molecule has 6 heteroatoms. The summed E-state index contributed by atoms with van der Waals surface area (Å²) in [5, 5.41) is 10.3. The summed E-state index contributed by atoms with van der Waals surface area (Å²) in [5.74, 6) is 1.47. The zero-order chi connectivity index (χ0) is 16.4. The van der Waals surface area contributed by atoms with Crippen molar-refractivity contribution in [2.24, 2.45) is 5.92 Å². The van der Waals surface area contributed by atoms with Gasteiger partial charge in [-0.25, -0.2) is 0 Å². The van der Waals surface area contributed by atoms with Crippen LogP contribution in [0.4, 0.5) is 0 Å². The summed E-state index contributed by atoms with van der Waals surface area (Å²) < 4.78 is 5.44. The predicted molar refractivity (Wildman–Crippen MR) is 89.7 cm³/mol. The van der Waals surface area contributed by atoms with Crippen molar-refractivity contribution in [3.63, 3.8) is 0 Å². The smallest absolute Gasteiger partial charge is 0.272 e. The van der Waals surface area contributed by atoms with Crippen molar-refractivity contribution in [2.45, 2.75) is 38.6 Å². The highest BCUT2D eigenvalue weighted by atomic mass is 16.3. The fourth-order valence-electron chi connectivity index (χ4n) is 3.91. The molecule has 3 heterocycles. The molecule has 0 saturated carbocycles. The number of amides is 1. The quantitative estimate of drug-likeness (QED) is 0.882. The van der Waals surface area contributed by atoms with E-state index in [1.165, 1.54) is 6.42 Å². The van der Waals surface area contributed by atoms with Gasteiger partial charge in [0.2, 0.25) is 0 Å². The first-order valence-electron chi connectivity index (χ1n) is 8.88. The normalized spacial score (nSPS) is 20.9. The van der Waals surface area contributed by atoms with Crippen molar-refractivity contribution in [2.75, 3.05) is 19.6 Å². The van der Waals surface area contributed by atoms with Gasteiger partial charge in [-0.1, -0.05) is 0 Å². The van der Waals surface area contributed by atoms with Crippen LogP contribution in [0.2, 0.25) is 0 Å². The molecule has 0 aromatic carbocycles. The molecule has 128 valence electrons. The molecule has 1 atom stereocenters. The lowest BCUT2D eigenvalue weighted by Crippen LogP contribution is -2.40. The summed E-state index contributed by atoms with van der Waals surface area (Å²) >= 11 is 0. The van der Waals surface area contributed by atoms with Crippen molar-refractivity contribution in [3.8, 4) is 0 Å². The van der Waals surface area contributed by atoms with Crippen LogP contribution in [0, 0.1) is 5.92 Å². The van der Waals surface area contributed by atoms with Gasteiger partial charge >= 0.3 is 0 Å². The molecule has 1 amide bonds. The highest BCUT2D eigenvalue weighted by molar-refractivity contribution is 5.94. The molecule has 0 radical (unpaired) electrons. The number of furan rings is 1. The molecule has 4 rings (SSSR count). The van der Waals surface area contributed by atoms with Crippen LogP contribution in [0.1, 0.15) is 46.8 Å². The Bertz CT molecular complexity index is 692. The van der Waals surface area contributed by atoms with Gasteiger partial charge in [-0.05, 0) is 56.7 Å². The lowest BCUT2D eigenvalue weighted by Gasteiger charge is -2.32. The lowest BCUT2D eigenvalue weighted by molar-refractivity contribution is 0.0922. The maximum Gasteiger partial charge on any atom is 0.272 e. The second-order valence-corrected chi connectivity index (χ2v) is 6.92. The average Bonchev–Trinajstić information content (AvgIpc) is 3.30. The molecular formula is C18H24N4O2. The number of aryl methyl sites for hydroxylation is 1. The molecule has 2 N–H and O–H groups in total. The highest BCUT2D eigenvalue weighted by Gasteiger charge is 2.25.